The van der Waals surface area contributed by atoms with E-state index in [9.17, 15) is 8.42 Å². The molecule has 0 unspecified atom stereocenters. The molecule has 2 aliphatic heterocycles. The fourth-order valence-electron chi connectivity index (χ4n) is 3.16. The highest BCUT2D eigenvalue weighted by molar-refractivity contribution is 7.99. The van der Waals surface area contributed by atoms with Crippen LogP contribution in [0.15, 0.2) is 29.2 Å². The molecule has 2 heterocycles. The standard InChI is InChI=1S/C17H26ClN3O3S2/c18-16-4-1-2-5-17(16)25-15-3-6-19-7-9-20(10-8-19)26(22,23)21-11-13-24-14-12-21/h1-2,4-5H,3,6-15H2. The van der Waals surface area contributed by atoms with Gasteiger partial charge in [-0.25, -0.2) is 0 Å². The van der Waals surface area contributed by atoms with Crippen molar-refractivity contribution in [1.29, 1.82) is 0 Å². The van der Waals surface area contributed by atoms with E-state index in [1.54, 1.807) is 20.4 Å². The van der Waals surface area contributed by atoms with Crippen LogP contribution in [0.25, 0.3) is 0 Å². The van der Waals surface area contributed by atoms with Gasteiger partial charge in [0.15, 0.2) is 0 Å². The molecule has 0 aliphatic carbocycles. The molecule has 146 valence electrons. The molecule has 0 atom stereocenters. The van der Waals surface area contributed by atoms with Crippen LogP contribution in [-0.2, 0) is 14.9 Å². The van der Waals surface area contributed by atoms with Crippen molar-refractivity contribution in [1.82, 2.24) is 13.5 Å². The molecule has 9 heteroatoms. The number of ether oxygens (including phenoxy) is 1. The molecule has 0 spiro atoms. The molecule has 1 aromatic carbocycles. The molecule has 26 heavy (non-hydrogen) atoms. The Kier molecular flexibility index (Phi) is 7.63. The van der Waals surface area contributed by atoms with Crippen molar-refractivity contribution in [2.45, 2.75) is 11.3 Å². The first kappa shape index (κ1) is 20.4. The molecule has 0 aromatic heterocycles. The second kappa shape index (κ2) is 9.73. The second-order valence-corrected chi connectivity index (χ2v) is 9.86. The third-order valence-electron chi connectivity index (χ3n) is 4.67. The zero-order valence-corrected chi connectivity index (χ0v) is 17.2. The normalized spacial score (nSPS) is 21.1. The Balaban J connectivity index is 1.38. The lowest BCUT2D eigenvalue weighted by atomic mass is 10.3. The number of thioether (sulfide) groups is 1. The lowest BCUT2D eigenvalue weighted by Crippen LogP contribution is -2.55. The van der Waals surface area contributed by atoms with Crippen LogP contribution in [0.1, 0.15) is 6.42 Å². The molecular formula is C17H26ClN3O3S2. The number of hydrogen-bond donors (Lipinski definition) is 0. The fourth-order valence-corrected chi connectivity index (χ4v) is 5.89. The minimum atomic E-state index is -3.33. The zero-order valence-electron chi connectivity index (χ0n) is 14.8. The minimum absolute atomic E-state index is 0.460. The van der Waals surface area contributed by atoms with Gasteiger partial charge < -0.3 is 9.64 Å². The maximum atomic E-state index is 12.7. The Morgan fingerprint density at radius 3 is 2.35 bits per heavy atom. The molecule has 0 amide bonds. The molecule has 2 fully saturated rings. The molecule has 3 rings (SSSR count). The van der Waals surface area contributed by atoms with Crippen LogP contribution in [0, 0.1) is 0 Å². The number of hydrogen-bond acceptors (Lipinski definition) is 5. The quantitative estimate of drug-likeness (QED) is 0.500. The lowest BCUT2D eigenvalue weighted by molar-refractivity contribution is 0.0685. The Hall–Kier alpha value is -0.350. The van der Waals surface area contributed by atoms with Crippen LogP contribution in [0.5, 0.6) is 0 Å². The number of benzene rings is 1. The van der Waals surface area contributed by atoms with Gasteiger partial charge in [0.25, 0.3) is 10.2 Å². The van der Waals surface area contributed by atoms with Crippen LogP contribution in [0.3, 0.4) is 0 Å². The van der Waals surface area contributed by atoms with Crippen LogP contribution >= 0.6 is 23.4 Å². The molecule has 1 aromatic rings. The highest BCUT2D eigenvalue weighted by Gasteiger charge is 2.32. The summed E-state index contributed by atoms with van der Waals surface area (Å²) < 4.78 is 33.7. The fraction of sp³-hybridized carbons (Fsp3) is 0.647. The minimum Gasteiger partial charge on any atom is -0.379 e. The van der Waals surface area contributed by atoms with Crippen molar-refractivity contribution in [3.8, 4) is 0 Å². The Morgan fingerprint density at radius 2 is 1.65 bits per heavy atom. The molecule has 2 aliphatic rings. The molecule has 0 saturated carbocycles. The molecule has 0 radical (unpaired) electrons. The first-order valence-electron chi connectivity index (χ1n) is 9.00. The van der Waals surface area contributed by atoms with Crippen molar-refractivity contribution in [2.24, 2.45) is 0 Å². The van der Waals surface area contributed by atoms with E-state index >= 15 is 0 Å². The summed E-state index contributed by atoms with van der Waals surface area (Å²) in [4.78, 5) is 3.47. The Morgan fingerprint density at radius 1 is 1.00 bits per heavy atom. The second-order valence-electron chi connectivity index (χ2n) is 6.39. The van der Waals surface area contributed by atoms with E-state index in [0.29, 0.717) is 39.4 Å². The topological polar surface area (TPSA) is 53.1 Å². The summed E-state index contributed by atoms with van der Waals surface area (Å²) in [6.07, 6.45) is 1.06. The van der Waals surface area contributed by atoms with Crippen molar-refractivity contribution < 1.29 is 13.2 Å². The maximum absolute atomic E-state index is 12.7. The number of morpholine rings is 1. The van der Waals surface area contributed by atoms with Crippen LogP contribution in [0.4, 0.5) is 0 Å². The van der Waals surface area contributed by atoms with E-state index in [4.69, 9.17) is 16.3 Å². The summed E-state index contributed by atoms with van der Waals surface area (Å²) in [7, 11) is -3.33. The first-order valence-corrected chi connectivity index (χ1v) is 11.8. The van der Waals surface area contributed by atoms with E-state index in [2.05, 4.69) is 4.90 Å². The van der Waals surface area contributed by atoms with Gasteiger partial charge in [-0.1, -0.05) is 23.7 Å². The van der Waals surface area contributed by atoms with Crippen LogP contribution in [0.2, 0.25) is 5.02 Å². The third kappa shape index (κ3) is 5.34. The third-order valence-corrected chi connectivity index (χ3v) is 8.30. The molecule has 6 nitrogen and oxygen atoms in total. The van der Waals surface area contributed by atoms with E-state index < -0.39 is 10.2 Å². The Bertz CT molecular complexity index is 676. The largest absolute Gasteiger partial charge is 0.379 e. The predicted molar refractivity (Wildman–Crippen MR) is 106 cm³/mol. The number of nitrogens with zero attached hydrogens (tertiary/aromatic N) is 3. The highest BCUT2D eigenvalue weighted by atomic mass is 35.5. The van der Waals surface area contributed by atoms with Gasteiger partial charge in [-0.2, -0.15) is 17.0 Å². The van der Waals surface area contributed by atoms with E-state index in [1.807, 2.05) is 24.3 Å². The van der Waals surface area contributed by atoms with Gasteiger partial charge >= 0.3 is 0 Å². The predicted octanol–water partition coefficient (Wildman–Crippen LogP) is 2.02. The first-order chi connectivity index (χ1) is 12.6. The smallest absolute Gasteiger partial charge is 0.282 e. The monoisotopic (exact) mass is 419 g/mol. The van der Waals surface area contributed by atoms with Gasteiger partial charge in [0.1, 0.15) is 0 Å². The van der Waals surface area contributed by atoms with E-state index in [-0.39, 0.29) is 0 Å². The van der Waals surface area contributed by atoms with Crippen LogP contribution in [-0.4, -0.2) is 86.7 Å². The van der Waals surface area contributed by atoms with E-state index in [0.717, 1.165) is 41.7 Å². The molecule has 0 N–H and O–H groups in total. The number of rotatable bonds is 7. The average molecular weight is 420 g/mol. The van der Waals surface area contributed by atoms with Gasteiger partial charge in [0.05, 0.1) is 18.2 Å². The van der Waals surface area contributed by atoms with Gasteiger partial charge in [-0.15, -0.1) is 11.8 Å². The maximum Gasteiger partial charge on any atom is 0.282 e. The summed E-state index contributed by atoms with van der Waals surface area (Å²) in [5, 5.41) is 0.805. The summed E-state index contributed by atoms with van der Waals surface area (Å²) in [6, 6.07) is 7.90. The number of halogens is 1. The van der Waals surface area contributed by atoms with Crippen LogP contribution < -0.4 is 0 Å². The summed E-state index contributed by atoms with van der Waals surface area (Å²) in [6.45, 7) is 5.60. The lowest BCUT2D eigenvalue weighted by Gasteiger charge is -2.37. The van der Waals surface area contributed by atoms with E-state index in [1.165, 1.54) is 0 Å². The Labute approximate surface area is 165 Å². The highest BCUT2D eigenvalue weighted by Crippen LogP contribution is 2.27. The van der Waals surface area contributed by atoms with Gasteiger partial charge in [-0.3, -0.25) is 0 Å². The molecular weight excluding hydrogens is 394 g/mol. The van der Waals surface area contributed by atoms with Crippen molar-refractivity contribution >= 4 is 33.6 Å². The van der Waals surface area contributed by atoms with Crippen molar-refractivity contribution in [2.75, 3.05) is 64.8 Å². The van der Waals surface area contributed by atoms with Gasteiger partial charge in [-0.05, 0) is 30.9 Å². The molecule has 2 saturated heterocycles. The van der Waals surface area contributed by atoms with Crippen molar-refractivity contribution in [3.05, 3.63) is 29.3 Å². The number of piperazine rings is 1. The van der Waals surface area contributed by atoms with Gasteiger partial charge in [0, 0.05) is 44.2 Å². The SMILES string of the molecule is O=S(=O)(N1CCOCC1)N1CCN(CCCSc2ccccc2Cl)CC1. The zero-order chi connectivity index (χ0) is 18.4. The average Bonchev–Trinajstić information content (AvgIpc) is 2.67. The van der Waals surface area contributed by atoms with Gasteiger partial charge in [0.2, 0.25) is 0 Å². The molecule has 0 bridgehead atoms. The summed E-state index contributed by atoms with van der Waals surface area (Å²) in [5.41, 5.74) is 0. The van der Waals surface area contributed by atoms with Crippen molar-refractivity contribution in [3.63, 3.8) is 0 Å². The summed E-state index contributed by atoms with van der Waals surface area (Å²) >= 11 is 7.94. The summed E-state index contributed by atoms with van der Waals surface area (Å²) in [5.74, 6) is 1.01.